The van der Waals surface area contributed by atoms with Gasteiger partial charge in [0.1, 0.15) is 27.9 Å². The van der Waals surface area contributed by atoms with Crippen LogP contribution in [0.25, 0.3) is 0 Å². The van der Waals surface area contributed by atoms with Crippen molar-refractivity contribution in [3.05, 3.63) is 50.5 Å². The molecule has 2 rings (SSSR count). The molecule has 0 amide bonds. The molecule has 0 atom stereocenters. The highest BCUT2D eigenvalue weighted by molar-refractivity contribution is 6.37. The quantitative estimate of drug-likeness (QED) is 0.770. The summed E-state index contributed by atoms with van der Waals surface area (Å²) < 4.78 is 11.1. The third kappa shape index (κ3) is 3.05. The Kier molecular flexibility index (Phi) is 5.01. The summed E-state index contributed by atoms with van der Waals surface area (Å²) in [5.41, 5.74) is 1.90. The molecule has 0 N–H and O–H groups in total. The highest BCUT2D eigenvalue weighted by Crippen LogP contribution is 2.47. The maximum Gasteiger partial charge on any atom is 0.190 e. The van der Waals surface area contributed by atoms with Crippen LogP contribution in [0.5, 0.6) is 17.2 Å². The number of nitriles is 2. The molecule has 0 unspecified atom stereocenters. The molecule has 0 heterocycles. The Labute approximate surface area is 144 Å². The van der Waals surface area contributed by atoms with Crippen LogP contribution in [0.4, 0.5) is 0 Å². The molecule has 2 aromatic rings. The molecule has 4 nitrogen and oxygen atoms in total. The van der Waals surface area contributed by atoms with Crippen LogP contribution in [0.3, 0.4) is 0 Å². The van der Waals surface area contributed by atoms with E-state index in [1.807, 2.05) is 38.1 Å². The van der Waals surface area contributed by atoms with Crippen LogP contribution < -0.4 is 9.47 Å². The molecule has 0 aliphatic heterocycles. The number of hydrogen-bond donors (Lipinski definition) is 0. The molecular weight excluding hydrogens is 335 g/mol. The van der Waals surface area contributed by atoms with E-state index < -0.39 is 0 Å². The van der Waals surface area contributed by atoms with E-state index >= 15 is 0 Å². The van der Waals surface area contributed by atoms with Crippen molar-refractivity contribution in [3.63, 3.8) is 0 Å². The van der Waals surface area contributed by atoms with Gasteiger partial charge in [-0.1, -0.05) is 40.9 Å². The van der Waals surface area contributed by atoms with Crippen LogP contribution in [0.15, 0.2) is 18.2 Å². The lowest BCUT2D eigenvalue weighted by atomic mass is 10.1. The lowest BCUT2D eigenvalue weighted by Gasteiger charge is -2.17. The summed E-state index contributed by atoms with van der Waals surface area (Å²) in [5, 5.41) is 18.4. The Bertz CT molecular complexity index is 861. The lowest BCUT2D eigenvalue weighted by molar-refractivity contribution is 0.378. The van der Waals surface area contributed by atoms with Gasteiger partial charge in [-0.25, -0.2) is 0 Å². The number of benzene rings is 2. The third-order valence-corrected chi connectivity index (χ3v) is 3.99. The number of hydrogen-bond acceptors (Lipinski definition) is 4. The number of methoxy groups -OCH3 is 1. The second kappa shape index (κ2) is 6.79. The van der Waals surface area contributed by atoms with Gasteiger partial charge in [0.05, 0.1) is 18.2 Å². The van der Waals surface area contributed by atoms with Gasteiger partial charge < -0.3 is 9.47 Å². The predicted molar refractivity (Wildman–Crippen MR) is 88.4 cm³/mol. The van der Waals surface area contributed by atoms with Gasteiger partial charge in [0, 0.05) is 0 Å². The highest BCUT2D eigenvalue weighted by Gasteiger charge is 2.25. The molecule has 6 heteroatoms. The molecule has 0 spiro atoms. The molecule has 0 aliphatic rings. The SMILES string of the molecule is COc1c(Cl)c(C#N)c(C#N)c(Cl)c1Oc1ccc(C)cc1C. The summed E-state index contributed by atoms with van der Waals surface area (Å²) in [6.45, 7) is 3.86. The van der Waals surface area contributed by atoms with Crippen LogP contribution in [-0.2, 0) is 0 Å². The minimum absolute atomic E-state index is 0.00397. The number of ether oxygens (including phenoxy) is 2. The van der Waals surface area contributed by atoms with Crippen molar-refractivity contribution in [3.8, 4) is 29.4 Å². The average molecular weight is 347 g/mol. The molecule has 0 saturated heterocycles. The molecule has 116 valence electrons. The third-order valence-electron chi connectivity index (χ3n) is 3.26. The topological polar surface area (TPSA) is 66.0 Å². The van der Waals surface area contributed by atoms with E-state index in [4.69, 9.17) is 32.7 Å². The summed E-state index contributed by atoms with van der Waals surface area (Å²) in [4.78, 5) is 0. The monoisotopic (exact) mass is 346 g/mol. The van der Waals surface area contributed by atoms with Gasteiger partial charge in [-0.05, 0) is 25.5 Å². The van der Waals surface area contributed by atoms with E-state index in [9.17, 15) is 10.5 Å². The summed E-state index contributed by atoms with van der Waals surface area (Å²) in [7, 11) is 1.39. The molecule has 0 radical (unpaired) electrons. The first kappa shape index (κ1) is 17.0. The molecule has 0 aromatic heterocycles. The van der Waals surface area contributed by atoms with E-state index in [0.29, 0.717) is 5.75 Å². The van der Waals surface area contributed by atoms with E-state index in [0.717, 1.165) is 11.1 Å². The van der Waals surface area contributed by atoms with E-state index in [1.165, 1.54) is 7.11 Å². The normalized spacial score (nSPS) is 9.87. The van der Waals surface area contributed by atoms with Gasteiger partial charge in [0.25, 0.3) is 0 Å². The van der Waals surface area contributed by atoms with E-state index in [2.05, 4.69) is 0 Å². The zero-order chi connectivity index (χ0) is 17.1. The Balaban J connectivity index is 2.69. The molecular formula is C17H12Cl2N2O2. The molecule has 0 saturated carbocycles. The van der Waals surface area contributed by atoms with Gasteiger partial charge in [-0.15, -0.1) is 0 Å². The fourth-order valence-corrected chi connectivity index (χ4v) is 2.71. The molecule has 2 aromatic carbocycles. The van der Waals surface area contributed by atoms with Crippen molar-refractivity contribution in [1.29, 1.82) is 10.5 Å². The van der Waals surface area contributed by atoms with E-state index in [1.54, 1.807) is 6.07 Å². The second-order valence-corrected chi connectivity index (χ2v) is 5.59. The van der Waals surface area contributed by atoms with Gasteiger partial charge in [0.2, 0.25) is 0 Å². The maximum absolute atomic E-state index is 9.26. The van der Waals surface area contributed by atoms with Gasteiger partial charge in [-0.2, -0.15) is 10.5 Å². The Morgan fingerprint density at radius 3 is 2.00 bits per heavy atom. The van der Waals surface area contributed by atoms with Gasteiger partial charge in [-0.3, -0.25) is 0 Å². The van der Waals surface area contributed by atoms with Gasteiger partial charge >= 0.3 is 0 Å². The van der Waals surface area contributed by atoms with Crippen LogP contribution in [0.1, 0.15) is 22.3 Å². The van der Waals surface area contributed by atoms with Crippen LogP contribution in [-0.4, -0.2) is 7.11 Å². The van der Waals surface area contributed by atoms with Crippen molar-refractivity contribution in [2.75, 3.05) is 7.11 Å². The van der Waals surface area contributed by atoms with Crippen molar-refractivity contribution in [2.45, 2.75) is 13.8 Å². The van der Waals surface area contributed by atoms with E-state index in [-0.39, 0.29) is 32.7 Å². The Morgan fingerprint density at radius 2 is 1.52 bits per heavy atom. The Hall–Kier alpha value is -2.40. The standard InChI is InChI=1S/C17H12Cl2N2O2/c1-9-4-5-13(10(2)6-9)23-17-15(19)12(8-21)11(7-20)14(18)16(17)22-3/h4-6H,1-3H3. The first-order valence-electron chi connectivity index (χ1n) is 6.58. The largest absolute Gasteiger partial charge is 0.491 e. The van der Waals surface area contributed by atoms with Crippen molar-refractivity contribution in [2.24, 2.45) is 0 Å². The maximum atomic E-state index is 9.26. The molecule has 23 heavy (non-hydrogen) atoms. The predicted octanol–water partition coefficient (Wildman–Crippen LogP) is 5.15. The molecule has 0 aliphatic carbocycles. The number of rotatable bonds is 3. The highest BCUT2D eigenvalue weighted by atomic mass is 35.5. The summed E-state index contributed by atoms with van der Waals surface area (Å²) >= 11 is 12.4. The minimum atomic E-state index is -0.0419. The molecule has 0 bridgehead atoms. The Morgan fingerprint density at radius 1 is 0.957 bits per heavy atom. The summed E-state index contributed by atoms with van der Waals surface area (Å²) in [5.74, 6) is 0.786. The van der Waals surface area contributed by atoms with Crippen molar-refractivity contribution >= 4 is 23.2 Å². The minimum Gasteiger partial charge on any atom is -0.491 e. The fraction of sp³-hybridized carbons (Fsp3) is 0.176. The second-order valence-electron chi connectivity index (χ2n) is 4.83. The van der Waals surface area contributed by atoms with Gasteiger partial charge in [0.15, 0.2) is 11.5 Å². The van der Waals surface area contributed by atoms with Crippen LogP contribution in [0.2, 0.25) is 10.0 Å². The average Bonchev–Trinajstić information content (AvgIpc) is 2.52. The summed E-state index contributed by atoms with van der Waals surface area (Å²) in [6.07, 6.45) is 0. The van der Waals surface area contributed by atoms with Crippen LogP contribution in [0, 0.1) is 36.5 Å². The zero-order valence-electron chi connectivity index (χ0n) is 12.7. The first-order valence-corrected chi connectivity index (χ1v) is 7.34. The zero-order valence-corrected chi connectivity index (χ0v) is 14.2. The number of aryl methyl sites for hydroxylation is 2. The first-order chi connectivity index (χ1) is 10.9. The number of halogens is 2. The lowest BCUT2D eigenvalue weighted by Crippen LogP contribution is -1.99. The fourth-order valence-electron chi connectivity index (χ4n) is 2.15. The van der Waals surface area contributed by atoms with Crippen molar-refractivity contribution < 1.29 is 9.47 Å². The molecule has 0 fully saturated rings. The van der Waals surface area contributed by atoms with Crippen molar-refractivity contribution in [1.82, 2.24) is 0 Å². The smallest absolute Gasteiger partial charge is 0.190 e. The summed E-state index contributed by atoms with van der Waals surface area (Å²) in [6, 6.07) is 9.38. The van der Waals surface area contributed by atoms with Crippen LogP contribution >= 0.6 is 23.2 Å². The number of nitrogens with zero attached hydrogens (tertiary/aromatic N) is 2.